The molecule has 0 atom stereocenters. The Morgan fingerprint density at radius 2 is 1.89 bits per heavy atom. The smallest absolute Gasteiger partial charge is 0.123 e. The second-order valence-corrected chi connectivity index (χ2v) is 5.33. The molecule has 3 heteroatoms. The van der Waals surface area contributed by atoms with Gasteiger partial charge in [0.2, 0.25) is 0 Å². The molecule has 0 aromatic heterocycles. The molecule has 1 heterocycles. The van der Waals surface area contributed by atoms with E-state index in [0.717, 1.165) is 25.4 Å². The van der Waals surface area contributed by atoms with Crippen LogP contribution in [0.25, 0.3) is 0 Å². The minimum atomic E-state index is -0.155. The highest BCUT2D eigenvalue weighted by Crippen LogP contribution is 2.14. The van der Waals surface area contributed by atoms with Gasteiger partial charge < -0.3 is 10.2 Å². The van der Waals surface area contributed by atoms with Crippen LogP contribution in [0, 0.1) is 11.7 Å². The highest BCUT2D eigenvalue weighted by atomic mass is 19.1. The van der Waals surface area contributed by atoms with Gasteiger partial charge in [0.15, 0.2) is 0 Å². The third-order valence-electron chi connectivity index (χ3n) is 3.77. The number of halogens is 1. The molecule has 1 aromatic rings. The summed E-state index contributed by atoms with van der Waals surface area (Å²) in [5.41, 5.74) is 1.20. The Hall–Kier alpha value is -0.930. The Morgan fingerprint density at radius 3 is 2.56 bits per heavy atom. The van der Waals surface area contributed by atoms with E-state index >= 15 is 0 Å². The van der Waals surface area contributed by atoms with Gasteiger partial charge in [-0.3, -0.25) is 0 Å². The molecule has 1 N–H and O–H groups in total. The van der Waals surface area contributed by atoms with Gasteiger partial charge >= 0.3 is 0 Å². The molecular weight excluding hydrogens is 227 g/mol. The molecule has 0 spiro atoms. The predicted octanol–water partition coefficient (Wildman–Crippen LogP) is 2.30. The molecule has 0 amide bonds. The van der Waals surface area contributed by atoms with E-state index in [1.54, 1.807) is 0 Å². The number of likely N-dealkylation sites (tertiary alicyclic amines) is 1. The summed E-state index contributed by atoms with van der Waals surface area (Å²) < 4.78 is 12.7. The Balaban J connectivity index is 1.60. The van der Waals surface area contributed by atoms with Crippen molar-refractivity contribution in [3.05, 3.63) is 35.6 Å². The Labute approximate surface area is 109 Å². The van der Waals surface area contributed by atoms with Gasteiger partial charge in [0.1, 0.15) is 5.82 Å². The molecular formula is C15H23FN2. The topological polar surface area (TPSA) is 15.3 Å². The van der Waals surface area contributed by atoms with Gasteiger partial charge in [-0.2, -0.15) is 0 Å². The van der Waals surface area contributed by atoms with Crippen molar-refractivity contribution in [1.29, 1.82) is 0 Å². The summed E-state index contributed by atoms with van der Waals surface area (Å²) in [6.07, 6.45) is 3.59. The minimum Gasteiger partial charge on any atom is -0.316 e. The normalized spacial score (nSPS) is 18.1. The fourth-order valence-corrected chi connectivity index (χ4v) is 2.46. The summed E-state index contributed by atoms with van der Waals surface area (Å²) in [4.78, 5) is 2.40. The van der Waals surface area contributed by atoms with Crippen LogP contribution in [0.3, 0.4) is 0 Å². The molecule has 0 bridgehead atoms. The zero-order valence-electron chi connectivity index (χ0n) is 11.2. The molecule has 1 aromatic carbocycles. The molecule has 0 unspecified atom stereocenters. The zero-order valence-corrected chi connectivity index (χ0v) is 11.2. The first-order chi connectivity index (χ1) is 8.74. The number of nitrogens with zero attached hydrogens (tertiary/aromatic N) is 1. The molecule has 0 radical (unpaired) electrons. The highest BCUT2D eigenvalue weighted by molar-refractivity contribution is 5.16. The number of rotatable bonds is 5. The lowest BCUT2D eigenvalue weighted by molar-refractivity contribution is 0.216. The van der Waals surface area contributed by atoms with E-state index in [4.69, 9.17) is 0 Å². The molecule has 0 saturated carbocycles. The first-order valence-electron chi connectivity index (χ1n) is 6.88. The average Bonchev–Trinajstić information content (AvgIpc) is 2.39. The lowest BCUT2D eigenvalue weighted by atomic mass is 9.97. The Bertz CT molecular complexity index is 342. The van der Waals surface area contributed by atoms with Crippen LogP contribution < -0.4 is 5.32 Å². The largest absolute Gasteiger partial charge is 0.316 e. The fraction of sp³-hybridized carbons (Fsp3) is 0.600. The Kier molecular flexibility index (Phi) is 5.14. The number of hydrogen-bond acceptors (Lipinski definition) is 2. The van der Waals surface area contributed by atoms with E-state index in [1.165, 1.54) is 43.6 Å². The van der Waals surface area contributed by atoms with Gasteiger partial charge in [-0.1, -0.05) is 12.1 Å². The van der Waals surface area contributed by atoms with Crippen LogP contribution in [0.4, 0.5) is 4.39 Å². The standard InChI is InChI=1S/C15H23FN2/c1-18-10-7-14(8-11-18)12-17-9-6-13-2-4-15(16)5-3-13/h2-5,14,17H,6-12H2,1H3. The van der Waals surface area contributed by atoms with Crippen molar-refractivity contribution in [2.24, 2.45) is 5.92 Å². The van der Waals surface area contributed by atoms with Crippen LogP contribution in [0.5, 0.6) is 0 Å². The van der Waals surface area contributed by atoms with Crippen molar-refractivity contribution < 1.29 is 4.39 Å². The fourth-order valence-electron chi connectivity index (χ4n) is 2.46. The van der Waals surface area contributed by atoms with Crippen molar-refractivity contribution >= 4 is 0 Å². The first-order valence-corrected chi connectivity index (χ1v) is 6.88. The summed E-state index contributed by atoms with van der Waals surface area (Å²) in [6.45, 7) is 4.56. The van der Waals surface area contributed by atoms with E-state index in [9.17, 15) is 4.39 Å². The van der Waals surface area contributed by atoms with Gasteiger partial charge in [-0.05, 0) is 76.1 Å². The van der Waals surface area contributed by atoms with Crippen LogP contribution in [-0.2, 0) is 6.42 Å². The Morgan fingerprint density at radius 1 is 1.22 bits per heavy atom. The minimum absolute atomic E-state index is 0.155. The molecule has 100 valence electrons. The third-order valence-corrected chi connectivity index (χ3v) is 3.77. The molecule has 2 rings (SSSR count). The maximum Gasteiger partial charge on any atom is 0.123 e. The van der Waals surface area contributed by atoms with Gasteiger partial charge in [0, 0.05) is 0 Å². The van der Waals surface area contributed by atoms with Crippen molar-refractivity contribution in [3.8, 4) is 0 Å². The molecule has 0 aliphatic carbocycles. The third kappa shape index (κ3) is 4.39. The monoisotopic (exact) mass is 250 g/mol. The summed E-state index contributed by atoms with van der Waals surface area (Å²) >= 11 is 0. The first kappa shape index (κ1) is 13.5. The second kappa shape index (κ2) is 6.86. The van der Waals surface area contributed by atoms with Crippen LogP contribution >= 0.6 is 0 Å². The van der Waals surface area contributed by atoms with Gasteiger partial charge in [-0.25, -0.2) is 4.39 Å². The van der Waals surface area contributed by atoms with Crippen molar-refractivity contribution in [1.82, 2.24) is 10.2 Å². The number of nitrogens with one attached hydrogen (secondary N) is 1. The van der Waals surface area contributed by atoms with Crippen LogP contribution in [-0.4, -0.2) is 38.1 Å². The predicted molar refractivity (Wildman–Crippen MR) is 73.2 cm³/mol. The molecule has 1 saturated heterocycles. The molecule has 1 aliphatic heterocycles. The van der Waals surface area contributed by atoms with Crippen molar-refractivity contribution in [2.75, 3.05) is 33.2 Å². The summed E-state index contributed by atoms with van der Waals surface area (Å²) in [7, 11) is 2.19. The average molecular weight is 250 g/mol. The molecule has 18 heavy (non-hydrogen) atoms. The summed E-state index contributed by atoms with van der Waals surface area (Å²) in [5, 5.41) is 3.52. The van der Waals surface area contributed by atoms with Gasteiger partial charge in [-0.15, -0.1) is 0 Å². The van der Waals surface area contributed by atoms with E-state index in [1.807, 2.05) is 12.1 Å². The van der Waals surface area contributed by atoms with Crippen LogP contribution in [0.15, 0.2) is 24.3 Å². The summed E-state index contributed by atoms with van der Waals surface area (Å²) in [6, 6.07) is 6.80. The van der Waals surface area contributed by atoms with Crippen molar-refractivity contribution in [3.63, 3.8) is 0 Å². The molecule has 1 aliphatic rings. The maximum atomic E-state index is 12.7. The zero-order chi connectivity index (χ0) is 12.8. The van der Waals surface area contributed by atoms with E-state index in [2.05, 4.69) is 17.3 Å². The van der Waals surface area contributed by atoms with Crippen molar-refractivity contribution in [2.45, 2.75) is 19.3 Å². The van der Waals surface area contributed by atoms with Crippen LogP contribution in [0.1, 0.15) is 18.4 Å². The molecule has 1 fully saturated rings. The number of piperidine rings is 1. The highest BCUT2D eigenvalue weighted by Gasteiger charge is 2.15. The lowest BCUT2D eigenvalue weighted by Crippen LogP contribution is -2.35. The SMILES string of the molecule is CN1CCC(CNCCc2ccc(F)cc2)CC1. The van der Waals surface area contributed by atoms with Gasteiger partial charge in [0.05, 0.1) is 0 Å². The quantitative estimate of drug-likeness (QED) is 0.807. The van der Waals surface area contributed by atoms with Gasteiger partial charge in [0.25, 0.3) is 0 Å². The maximum absolute atomic E-state index is 12.7. The van der Waals surface area contributed by atoms with Crippen LogP contribution in [0.2, 0.25) is 0 Å². The van der Waals surface area contributed by atoms with E-state index in [0.29, 0.717) is 0 Å². The van der Waals surface area contributed by atoms with E-state index < -0.39 is 0 Å². The number of benzene rings is 1. The molecule has 2 nitrogen and oxygen atoms in total. The lowest BCUT2D eigenvalue weighted by Gasteiger charge is -2.29. The number of hydrogen-bond donors (Lipinski definition) is 1. The second-order valence-electron chi connectivity index (χ2n) is 5.33. The summed E-state index contributed by atoms with van der Waals surface area (Å²) in [5.74, 6) is 0.674. The van der Waals surface area contributed by atoms with E-state index in [-0.39, 0.29) is 5.82 Å².